The van der Waals surface area contributed by atoms with Gasteiger partial charge in [-0.1, -0.05) is 276 Å². The zero-order chi connectivity index (χ0) is 45.5. The maximum absolute atomic E-state index is 16.8. The summed E-state index contributed by atoms with van der Waals surface area (Å²) in [4.78, 5) is 0. The first-order chi connectivity index (χ1) is 32.2. The van der Waals surface area contributed by atoms with Crippen LogP contribution in [-0.4, -0.2) is 28.6 Å². The molecule has 0 aliphatic carbocycles. The van der Waals surface area contributed by atoms with Crippen LogP contribution < -0.4 is 62.0 Å². The lowest BCUT2D eigenvalue weighted by molar-refractivity contribution is 0.374. The van der Waals surface area contributed by atoms with Gasteiger partial charge in [-0.05, 0) is 12.1 Å². The van der Waals surface area contributed by atoms with E-state index < -0.39 is 30.4 Å². The minimum Gasteiger partial charge on any atom is -0.496 e. The molecule has 0 aliphatic rings. The molecule has 0 unspecified atom stereocenters. The molecule has 0 aromatic heterocycles. The standard InChI is InChI=1S/C58H52O4P2Si2/c1-65(51-35-19-7-20-36-51,52-37-21-8-22-38-52)45-61-55-43-58(64(60,49-31-15-5-16-32-49)50-33-17-6-18-34-50)56(62-46-66(2,53-39-23-9-24-40-53)54-41-25-10-26-42-54)44-57(55)63(59,47-27-11-3-12-28-47)48-29-13-4-14-30-48/h3-44H,45-46H2,1-2H3. The highest BCUT2D eigenvalue weighted by Gasteiger charge is 2.42. The Bertz CT molecular complexity index is 2710. The SMILES string of the molecule is C[Si](COc1cc(P(=O)(c2ccccc2)c2ccccc2)c(OC[Si](C)(c2ccccc2)c2ccccc2)cc1P(=O)(c1ccccc1)c1ccccc1)(c1ccccc1)c1ccccc1. The molecule has 9 aromatic rings. The van der Waals surface area contributed by atoms with Crippen LogP contribution in [0.25, 0.3) is 0 Å². The van der Waals surface area contributed by atoms with Crippen LogP contribution in [0.2, 0.25) is 13.1 Å². The van der Waals surface area contributed by atoms with Gasteiger partial charge in [0.15, 0.2) is 30.4 Å². The summed E-state index contributed by atoms with van der Waals surface area (Å²) in [6.45, 7) is 4.64. The normalized spacial score (nSPS) is 12.0. The van der Waals surface area contributed by atoms with E-state index >= 15 is 9.13 Å². The van der Waals surface area contributed by atoms with Crippen LogP contribution in [0.3, 0.4) is 0 Å². The average Bonchev–Trinajstić information content (AvgIpc) is 3.41. The highest BCUT2D eigenvalue weighted by atomic mass is 31.2. The van der Waals surface area contributed by atoms with Gasteiger partial charge in [-0.25, -0.2) is 0 Å². The highest BCUT2D eigenvalue weighted by Crippen LogP contribution is 2.50. The van der Waals surface area contributed by atoms with Crippen molar-refractivity contribution in [2.24, 2.45) is 0 Å². The zero-order valence-electron chi connectivity index (χ0n) is 37.2. The Kier molecular flexibility index (Phi) is 13.2. The van der Waals surface area contributed by atoms with E-state index in [0.717, 1.165) is 0 Å². The number of rotatable bonds is 16. The van der Waals surface area contributed by atoms with E-state index in [1.165, 1.54) is 20.7 Å². The maximum Gasteiger partial charge on any atom is 0.174 e. The van der Waals surface area contributed by atoms with Gasteiger partial charge < -0.3 is 18.6 Å². The molecule has 66 heavy (non-hydrogen) atoms. The van der Waals surface area contributed by atoms with Crippen LogP contribution in [0.1, 0.15) is 0 Å². The summed E-state index contributed by atoms with van der Waals surface area (Å²) >= 11 is 0. The summed E-state index contributed by atoms with van der Waals surface area (Å²) < 4.78 is 48.4. The fourth-order valence-corrected chi connectivity index (χ4v) is 20.5. The molecule has 4 nitrogen and oxygen atoms in total. The quantitative estimate of drug-likeness (QED) is 0.0721. The molecular formula is C58H52O4P2Si2. The Morgan fingerprint density at radius 2 is 0.515 bits per heavy atom. The van der Waals surface area contributed by atoms with E-state index in [1.807, 2.05) is 158 Å². The summed E-state index contributed by atoms with van der Waals surface area (Å²) in [5.74, 6) is 0.828. The second-order valence-electron chi connectivity index (χ2n) is 17.1. The third-order valence-electron chi connectivity index (χ3n) is 12.9. The molecule has 326 valence electrons. The fraction of sp³-hybridized carbons (Fsp3) is 0.0690. The molecular weight excluding hydrogens is 879 g/mol. The van der Waals surface area contributed by atoms with Crippen molar-refractivity contribution < 1.29 is 18.6 Å². The van der Waals surface area contributed by atoms with Crippen LogP contribution in [-0.2, 0) is 9.13 Å². The molecule has 0 bridgehead atoms. The van der Waals surface area contributed by atoms with Gasteiger partial charge in [-0.3, -0.25) is 0 Å². The molecule has 9 rings (SSSR count). The second kappa shape index (κ2) is 19.5. The van der Waals surface area contributed by atoms with Crippen molar-refractivity contribution in [3.05, 3.63) is 255 Å². The van der Waals surface area contributed by atoms with Gasteiger partial charge in [0.1, 0.15) is 11.5 Å². The molecule has 0 saturated heterocycles. The van der Waals surface area contributed by atoms with Gasteiger partial charge in [0, 0.05) is 21.2 Å². The second-order valence-corrected chi connectivity index (χ2v) is 30.7. The minimum atomic E-state index is -3.73. The van der Waals surface area contributed by atoms with Crippen molar-refractivity contribution in [2.45, 2.75) is 13.1 Å². The van der Waals surface area contributed by atoms with Gasteiger partial charge in [-0.15, -0.1) is 0 Å². The molecule has 0 radical (unpaired) electrons. The van der Waals surface area contributed by atoms with E-state index in [9.17, 15) is 0 Å². The van der Waals surface area contributed by atoms with Gasteiger partial charge in [-0.2, -0.15) is 0 Å². The van der Waals surface area contributed by atoms with E-state index in [4.69, 9.17) is 9.47 Å². The zero-order valence-corrected chi connectivity index (χ0v) is 41.0. The third kappa shape index (κ3) is 8.66. The Hall–Kier alpha value is -6.53. The number of hydrogen-bond acceptors (Lipinski definition) is 4. The van der Waals surface area contributed by atoms with Gasteiger partial charge in [0.05, 0.1) is 23.1 Å². The average molecular weight is 931 g/mol. The smallest absolute Gasteiger partial charge is 0.174 e. The topological polar surface area (TPSA) is 52.6 Å². The van der Waals surface area contributed by atoms with Crippen molar-refractivity contribution in [2.75, 3.05) is 12.5 Å². The fourth-order valence-electron chi connectivity index (χ4n) is 9.00. The van der Waals surface area contributed by atoms with Crippen LogP contribution in [0.4, 0.5) is 0 Å². The Balaban J connectivity index is 1.34. The van der Waals surface area contributed by atoms with Crippen LogP contribution in [0, 0.1) is 0 Å². The molecule has 0 heterocycles. The Morgan fingerprint density at radius 1 is 0.318 bits per heavy atom. The lowest BCUT2D eigenvalue weighted by Gasteiger charge is -2.32. The van der Waals surface area contributed by atoms with Crippen LogP contribution in [0.5, 0.6) is 11.5 Å². The molecule has 0 N–H and O–H groups in total. The van der Waals surface area contributed by atoms with Crippen molar-refractivity contribution in [3.63, 3.8) is 0 Å². The summed E-state index contributed by atoms with van der Waals surface area (Å²) in [5.41, 5.74) is 0. The molecule has 0 aliphatic heterocycles. The molecule has 0 fully saturated rings. The first-order valence-corrected chi connectivity index (χ1v) is 31.2. The molecule has 9 aromatic carbocycles. The summed E-state index contributed by atoms with van der Waals surface area (Å²) in [6, 6.07) is 84.8. The number of benzene rings is 9. The molecule has 0 atom stereocenters. The largest absolute Gasteiger partial charge is 0.496 e. The predicted octanol–water partition coefficient (Wildman–Crippen LogP) is 8.59. The highest BCUT2D eigenvalue weighted by molar-refractivity contribution is 7.86. The summed E-state index contributed by atoms with van der Waals surface area (Å²) in [7, 11) is -12.8. The third-order valence-corrected chi connectivity index (χ3v) is 26.9. The van der Waals surface area contributed by atoms with Crippen LogP contribution >= 0.6 is 14.3 Å². The minimum absolute atomic E-state index is 0.325. The summed E-state index contributed by atoms with van der Waals surface area (Å²) in [6.07, 6.45) is 0.649. The number of ether oxygens (including phenoxy) is 2. The predicted molar refractivity (Wildman–Crippen MR) is 284 cm³/mol. The van der Waals surface area contributed by atoms with Gasteiger partial charge in [0.25, 0.3) is 0 Å². The summed E-state index contributed by atoms with van der Waals surface area (Å²) in [5, 5.41) is 8.45. The van der Waals surface area contributed by atoms with E-state index in [2.05, 4.69) is 110 Å². The van der Waals surface area contributed by atoms with E-state index in [1.54, 1.807) is 0 Å². The Morgan fingerprint density at radius 3 is 0.727 bits per heavy atom. The van der Waals surface area contributed by atoms with Gasteiger partial charge >= 0.3 is 0 Å². The van der Waals surface area contributed by atoms with Gasteiger partial charge in [0.2, 0.25) is 0 Å². The number of hydrogen-bond donors (Lipinski definition) is 0. The lowest BCUT2D eigenvalue weighted by atomic mass is 10.3. The van der Waals surface area contributed by atoms with Crippen molar-refractivity contribution in [1.29, 1.82) is 0 Å². The Labute approximate surface area is 391 Å². The molecule has 8 heteroatoms. The van der Waals surface area contributed by atoms with Crippen molar-refractivity contribution in [3.8, 4) is 11.5 Å². The molecule has 0 amide bonds. The van der Waals surface area contributed by atoms with E-state index in [0.29, 0.717) is 55.8 Å². The first-order valence-electron chi connectivity index (χ1n) is 22.3. The monoisotopic (exact) mass is 930 g/mol. The van der Waals surface area contributed by atoms with Crippen molar-refractivity contribution >= 4 is 83.0 Å². The molecule has 0 saturated carbocycles. The van der Waals surface area contributed by atoms with Crippen LogP contribution in [0.15, 0.2) is 255 Å². The van der Waals surface area contributed by atoms with E-state index in [-0.39, 0.29) is 0 Å². The molecule has 0 spiro atoms. The van der Waals surface area contributed by atoms with Crippen molar-refractivity contribution in [1.82, 2.24) is 0 Å². The maximum atomic E-state index is 16.8. The lowest BCUT2D eigenvalue weighted by Crippen LogP contribution is -2.60. The first kappa shape index (κ1) is 44.7.